The van der Waals surface area contributed by atoms with Crippen LogP contribution >= 0.6 is 0 Å². The van der Waals surface area contributed by atoms with Gasteiger partial charge in [0.15, 0.2) is 0 Å². The number of ether oxygens (including phenoxy) is 2. The van der Waals surface area contributed by atoms with Gasteiger partial charge in [0.25, 0.3) is 0 Å². The second-order valence-corrected chi connectivity index (χ2v) is 12.6. The van der Waals surface area contributed by atoms with Crippen LogP contribution in [0.3, 0.4) is 0 Å². The monoisotopic (exact) mass is 595 g/mol. The predicted octanol–water partition coefficient (Wildman–Crippen LogP) is 4.19. The van der Waals surface area contributed by atoms with Gasteiger partial charge in [0.1, 0.15) is 24.1 Å². The number of methoxy groups -OCH3 is 2. The Morgan fingerprint density at radius 3 is 2.14 bits per heavy atom. The summed E-state index contributed by atoms with van der Waals surface area (Å²) >= 11 is 0. The number of hydrogen-bond donors (Lipinski definition) is 1. The van der Waals surface area contributed by atoms with Gasteiger partial charge in [-0.25, -0.2) is 8.42 Å². The highest BCUT2D eigenvalue weighted by Gasteiger charge is 2.33. The van der Waals surface area contributed by atoms with Crippen LogP contribution in [0.2, 0.25) is 0 Å². The third kappa shape index (κ3) is 8.97. The lowest BCUT2D eigenvalue weighted by Crippen LogP contribution is -2.53. The average Bonchev–Trinajstić information content (AvgIpc) is 2.96. The van der Waals surface area contributed by atoms with E-state index in [4.69, 9.17) is 9.47 Å². The third-order valence-electron chi connectivity index (χ3n) is 6.76. The molecule has 0 bridgehead atoms. The first-order valence-electron chi connectivity index (χ1n) is 13.8. The van der Waals surface area contributed by atoms with Crippen LogP contribution in [-0.2, 0) is 32.6 Å². The van der Waals surface area contributed by atoms with Crippen LogP contribution in [0.15, 0.2) is 72.8 Å². The van der Waals surface area contributed by atoms with E-state index in [1.165, 1.54) is 25.2 Å². The molecule has 0 aliphatic rings. The molecule has 1 atom stereocenters. The number of hydrogen-bond acceptors (Lipinski definition) is 6. The maximum atomic E-state index is 14.2. The van der Waals surface area contributed by atoms with E-state index in [2.05, 4.69) is 5.32 Å². The van der Waals surface area contributed by atoms with Gasteiger partial charge in [0, 0.05) is 25.6 Å². The summed E-state index contributed by atoms with van der Waals surface area (Å²) in [6.07, 6.45) is 1.29. The molecule has 0 aliphatic heterocycles. The standard InChI is InChI=1S/C32H41N3O6S/c1-23(2)20-33-32(37)29(18-25-10-8-7-9-11-25)34(21-26-14-12-24(3)13-15-26)31(36)22-35(42(6,38)39)28-17-16-27(40-4)19-30(28)41-5/h7-17,19,23,29H,18,20-22H2,1-6H3,(H,33,37)/t29-/m1/s1. The second-order valence-electron chi connectivity index (χ2n) is 10.7. The summed E-state index contributed by atoms with van der Waals surface area (Å²) in [5, 5.41) is 2.98. The topological polar surface area (TPSA) is 105 Å². The summed E-state index contributed by atoms with van der Waals surface area (Å²) in [7, 11) is -1.03. The van der Waals surface area contributed by atoms with Crippen LogP contribution in [0.4, 0.5) is 5.69 Å². The second kappa shape index (κ2) is 14.7. The largest absolute Gasteiger partial charge is 0.497 e. The summed E-state index contributed by atoms with van der Waals surface area (Å²) in [5.41, 5.74) is 2.94. The molecule has 1 N–H and O–H groups in total. The van der Waals surface area contributed by atoms with Crippen molar-refractivity contribution >= 4 is 27.5 Å². The summed E-state index contributed by atoms with van der Waals surface area (Å²) < 4.78 is 37.9. The smallest absolute Gasteiger partial charge is 0.244 e. The van der Waals surface area contributed by atoms with Gasteiger partial charge < -0.3 is 19.7 Å². The number of carbonyl (C=O) groups excluding carboxylic acids is 2. The molecule has 0 heterocycles. The SMILES string of the molecule is COc1ccc(N(CC(=O)N(Cc2ccc(C)cc2)[C@H](Cc2ccccc2)C(=O)NCC(C)C)S(C)(=O)=O)c(OC)c1. The van der Waals surface area contributed by atoms with Gasteiger partial charge in [-0.15, -0.1) is 0 Å². The van der Waals surface area contributed by atoms with E-state index in [0.717, 1.165) is 27.3 Å². The molecule has 0 aromatic heterocycles. The van der Waals surface area contributed by atoms with Crippen molar-refractivity contribution in [2.45, 2.75) is 39.8 Å². The van der Waals surface area contributed by atoms with Crippen LogP contribution in [0, 0.1) is 12.8 Å². The quantitative estimate of drug-likeness (QED) is 0.300. The number of rotatable bonds is 14. The first-order valence-corrected chi connectivity index (χ1v) is 15.6. The van der Waals surface area contributed by atoms with Crippen LogP contribution < -0.4 is 19.1 Å². The number of nitrogens with one attached hydrogen (secondary N) is 1. The number of sulfonamides is 1. The van der Waals surface area contributed by atoms with Gasteiger partial charge >= 0.3 is 0 Å². The molecular formula is C32H41N3O6S. The Morgan fingerprint density at radius 2 is 1.57 bits per heavy atom. The number of anilines is 1. The predicted molar refractivity (Wildman–Crippen MR) is 165 cm³/mol. The number of benzene rings is 3. The van der Waals surface area contributed by atoms with Crippen molar-refractivity contribution in [3.8, 4) is 11.5 Å². The lowest BCUT2D eigenvalue weighted by molar-refractivity contribution is -0.140. The molecule has 0 aliphatic carbocycles. The molecular weight excluding hydrogens is 554 g/mol. The Kier molecular flexibility index (Phi) is 11.4. The molecule has 3 aromatic carbocycles. The van der Waals surface area contributed by atoms with E-state index in [1.807, 2.05) is 75.4 Å². The van der Waals surface area contributed by atoms with E-state index in [9.17, 15) is 18.0 Å². The number of nitrogens with zero attached hydrogens (tertiary/aromatic N) is 2. The molecule has 10 heteroatoms. The first kappa shape index (κ1) is 32.5. The molecule has 0 radical (unpaired) electrons. The van der Waals surface area contributed by atoms with Gasteiger partial charge in [-0.05, 0) is 36.1 Å². The normalized spacial score (nSPS) is 12.0. The van der Waals surface area contributed by atoms with Crippen molar-refractivity contribution in [2.75, 3.05) is 37.9 Å². The maximum absolute atomic E-state index is 14.2. The van der Waals surface area contributed by atoms with E-state index in [-0.39, 0.29) is 36.2 Å². The average molecular weight is 596 g/mol. The van der Waals surface area contributed by atoms with Crippen molar-refractivity contribution in [2.24, 2.45) is 5.92 Å². The highest BCUT2D eigenvalue weighted by atomic mass is 32.2. The molecule has 42 heavy (non-hydrogen) atoms. The Balaban J connectivity index is 2.08. The molecule has 9 nitrogen and oxygen atoms in total. The molecule has 2 amide bonds. The summed E-state index contributed by atoms with van der Waals surface area (Å²) in [6, 6.07) is 20.9. The lowest BCUT2D eigenvalue weighted by Gasteiger charge is -2.34. The molecule has 0 saturated heterocycles. The first-order chi connectivity index (χ1) is 19.9. The Bertz CT molecular complexity index is 1440. The Hall–Kier alpha value is -4.05. The highest BCUT2D eigenvalue weighted by molar-refractivity contribution is 7.92. The van der Waals surface area contributed by atoms with Crippen LogP contribution in [0.25, 0.3) is 0 Å². The van der Waals surface area contributed by atoms with E-state index in [0.29, 0.717) is 12.3 Å². The zero-order valence-electron chi connectivity index (χ0n) is 25.2. The van der Waals surface area contributed by atoms with Crippen molar-refractivity contribution in [1.29, 1.82) is 0 Å². The van der Waals surface area contributed by atoms with E-state index in [1.54, 1.807) is 12.1 Å². The highest BCUT2D eigenvalue weighted by Crippen LogP contribution is 2.33. The minimum absolute atomic E-state index is 0.114. The van der Waals surface area contributed by atoms with E-state index < -0.39 is 28.5 Å². The van der Waals surface area contributed by atoms with Crippen molar-refractivity contribution in [3.05, 3.63) is 89.5 Å². The van der Waals surface area contributed by atoms with Gasteiger partial charge in [0.05, 0.1) is 26.2 Å². The fourth-order valence-electron chi connectivity index (χ4n) is 4.45. The molecule has 3 rings (SSSR count). The van der Waals surface area contributed by atoms with Gasteiger partial charge in [0.2, 0.25) is 21.8 Å². The fourth-order valence-corrected chi connectivity index (χ4v) is 5.31. The maximum Gasteiger partial charge on any atom is 0.244 e. The number of amides is 2. The third-order valence-corrected chi connectivity index (χ3v) is 7.89. The van der Waals surface area contributed by atoms with Crippen molar-refractivity contribution in [1.82, 2.24) is 10.2 Å². The van der Waals surface area contributed by atoms with Crippen molar-refractivity contribution < 1.29 is 27.5 Å². The van der Waals surface area contributed by atoms with Crippen LogP contribution in [0.5, 0.6) is 11.5 Å². The number of carbonyl (C=O) groups is 2. The van der Waals surface area contributed by atoms with Crippen molar-refractivity contribution in [3.63, 3.8) is 0 Å². The molecule has 226 valence electrons. The Morgan fingerprint density at radius 1 is 0.905 bits per heavy atom. The molecule has 3 aromatic rings. The summed E-state index contributed by atoms with van der Waals surface area (Å²) in [5.74, 6) is 0.0746. The minimum atomic E-state index is -3.94. The van der Waals surface area contributed by atoms with Crippen LogP contribution in [0.1, 0.15) is 30.5 Å². The summed E-state index contributed by atoms with van der Waals surface area (Å²) in [4.78, 5) is 29.4. The van der Waals surface area contributed by atoms with Gasteiger partial charge in [-0.1, -0.05) is 74.0 Å². The lowest BCUT2D eigenvalue weighted by atomic mass is 10.0. The molecule has 0 spiro atoms. The Labute approximate surface area is 249 Å². The minimum Gasteiger partial charge on any atom is -0.497 e. The van der Waals surface area contributed by atoms with Gasteiger partial charge in [-0.3, -0.25) is 13.9 Å². The fraction of sp³-hybridized carbons (Fsp3) is 0.375. The number of aryl methyl sites for hydroxylation is 1. The van der Waals surface area contributed by atoms with Crippen LogP contribution in [-0.4, -0.2) is 64.7 Å². The summed E-state index contributed by atoms with van der Waals surface area (Å²) in [6.45, 7) is 5.98. The zero-order valence-corrected chi connectivity index (χ0v) is 26.0. The zero-order chi connectivity index (χ0) is 30.9. The van der Waals surface area contributed by atoms with Gasteiger partial charge in [-0.2, -0.15) is 0 Å². The van der Waals surface area contributed by atoms with E-state index >= 15 is 0 Å². The molecule has 0 unspecified atom stereocenters. The molecule has 0 saturated carbocycles. The molecule has 0 fully saturated rings.